The number of nitrogens with zero attached hydrogens (tertiary/aromatic N) is 1. The predicted octanol–water partition coefficient (Wildman–Crippen LogP) is 2.22. The van der Waals surface area contributed by atoms with E-state index in [2.05, 4.69) is 15.8 Å². The van der Waals surface area contributed by atoms with Gasteiger partial charge in [0.25, 0.3) is 0 Å². The lowest BCUT2D eigenvalue weighted by molar-refractivity contribution is -0.254. The smallest absolute Gasteiger partial charge is 0.191 e. The van der Waals surface area contributed by atoms with E-state index in [1.807, 2.05) is 31.2 Å². The van der Waals surface area contributed by atoms with Crippen LogP contribution in [-0.4, -0.2) is 23.4 Å². The fraction of sp³-hybridized carbons (Fsp3) is 0.188. The van der Waals surface area contributed by atoms with Crippen molar-refractivity contribution >= 4 is 46.0 Å². The maximum Gasteiger partial charge on any atom is 0.191 e. The van der Waals surface area contributed by atoms with Crippen LogP contribution < -0.4 is 20.6 Å². The van der Waals surface area contributed by atoms with Crippen molar-refractivity contribution in [3.8, 4) is 5.75 Å². The highest BCUT2D eigenvalue weighted by molar-refractivity contribution is 7.80. The van der Waals surface area contributed by atoms with Gasteiger partial charge in [0.05, 0.1) is 28.0 Å². The van der Waals surface area contributed by atoms with Gasteiger partial charge in [0.2, 0.25) is 0 Å². The molecule has 0 spiro atoms. The summed E-state index contributed by atoms with van der Waals surface area (Å²) in [5.41, 5.74) is 4.16. The first-order chi connectivity index (χ1) is 11.5. The normalized spacial score (nSPS) is 11.0. The van der Waals surface area contributed by atoms with Crippen LogP contribution in [0.5, 0.6) is 5.75 Å². The van der Waals surface area contributed by atoms with Gasteiger partial charge in [-0.1, -0.05) is 0 Å². The third-order valence-corrected chi connectivity index (χ3v) is 4.28. The van der Waals surface area contributed by atoms with E-state index in [0.29, 0.717) is 17.4 Å². The molecule has 0 aliphatic carbocycles. The molecule has 0 aliphatic rings. The summed E-state index contributed by atoms with van der Waals surface area (Å²) in [5.74, 6) is -0.406. The molecular formula is C16H16N3O3S2-. The van der Waals surface area contributed by atoms with Gasteiger partial charge in [-0.2, -0.15) is 5.10 Å². The molecule has 2 N–H and O–H groups in total. The topological polar surface area (TPSA) is 85.8 Å². The Morgan fingerprint density at radius 2 is 1.92 bits per heavy atom. The lowest BCUT2D eigenvalue weighted by Gasteiger charge is -2.09. The van der Waals surface area contributed by atoms with Crippen LogP contribution >= 0.6 is 23.6 Å². The van der Waals surface area contributed by atoms with Crippen molar-refractivity contribution < 1.29 is 14.6 Å². The number of anilines is 1. The Kier molecular flexibility index (Phi) is 6.28. The molecule has 1 aromatic carbocycles. The van der Waals surface area contributed by atoms with E-state index in [1.165, 1.54) is 6.07 Å². The molecule has 126 valence electrons. The van der Waals surface area contributed by atoms with Gasteiger partial charge in [-0.3, -0.25) is 5.43 Å². The zero-order valence-electron chi connectivity index (χ0n) is 13.2. The second kappa shape index (κ2) is 8.42. The molecule has 8 heteroatoms. The minimum atomic E-state index is -1.19. The largest absolute Gasteiger partial charge is 0.544 e. The van der Waals surface area contributed by atoms with Crippen LogP contribution in [0.15, 0.2) is 41.5 Å². The van der Waals surface area contributed by atoms with Gasteiger partial charge in [0.1, 0.15) is 5.75 Å². The highest BCUT2D eigenvalue weighted by Crippen LogP contribution is 2.17. The minimum absolute atomic E-state index is 0.162. The number of ether oxygens (including phenoxy) is 1. The summed E-state index contributed by atoms with van der Waals surface area (Å²) >= 11 is 6.27. The van der Waals surface area contributed by atoms with Gasteiger partial charge < -0.3 is 20.0 Å². The van der Waals surface area contributed by atoms with Crippen molar-refractivity contribution in [3.05, 3.63) is 46.2 Å². The van der Waals surface area contributed by atoms with Gasteiger partial charge in [0, 0.05) is 5.69 Å². The number of carboxylic acids is 1. The van der Waals surface area contributed by atoms with E-state index in [1.54, 1.807) is 13.0 Å². The zero-order valence-corrected chi connectivity index (χ0v) is 14.8. The third kappa shape index (κ3) is 5.04. The molecule has 0 aliphatic heterocycles. The average Bonchev–Trinajstić information content (AvgIpc) is 3.05. The molecule has 2 rings (SSSR count). The van der Waals surface area contributed by atoms with E-state index >= 15 is 0 Å². The number of rotatable bonds is 6. The monoisotopic (exact) mass is 362 g/mol. The molecule has 1 heterocycles. The standard InChI is InChI=1S/C16H17N3O3S2/c1-3-22-12-6-4-11(5-7-12)17-16(23)19-18-10(2)13-8-9-14(24-13)15(20)21/h4-9H,3H2,1-2H3,(H,20,21)(H2,17,19,23)/p-1/b18-10-. The molecule has 0 amide bonds. The summed E-state index contributed by atoms with van der Waals surface area (Å²) in [6.07, 6.45) is 0. The first kappa shape index (κ1) is 17.9. The highest BCUT2D eigenvalue weighted by atomic mass is 32.1. The fourth-order valence-corrected chi connectivity index (χ4v) is 2.74. The first-order valence-corrected chi connectivity index (χ1v) is 8.37. The van der Waals surface area contributed by atoms with Gasteiger partial charge in [-0.05, 0) is 62.5 Å². The van der Waals surface area contributed by atoms with Crippen LogP contribution in [0.4, 0.5) is 5.69 Å². The summed E-state index contributed by atoms with van der Waals surface area (Å²) < 4.78 is 5.37. The van der Waals surface area contributed by atoms with Gasteiger partial charge in [0.15, 0.2) is 5.11 Å². The Morgan fingerprint density at radius 1 is 1.25 bits per heavy atom. The molecule has 24 heavy (non-hydrogen) atoms. The Bertz CT molecular complexity index is 754. The summed E-state index contributed by atoms with van der Waals surface area (Å²) in [7, 11) is 0. The Balaban J connectivity index is 1.92. The Morgan fingerprint density at radius 3 is 2.50 bits per heavy atom. The van der Waals surface area contributed by atoms with E-state index < -0.39 is 5.97 Å². The maximum absolute atomic E-state index is 10.8. The van der Waals surface area contributed by atoms with Gasteiger partial charge >= 0.3 is 0 Å². The van der Waals surface area contributed by atoms with E-state index in [-0.39, 0.29) is 4.88 Å². The second-order valence-corrected chi connectivity index (χ2v) is 6.16. The summed E-state index contributed by atoms with van der Waals surface area (Å²) in [6, 6.07) is 10.6. The van der Waals surface area contributed by atoms with Crippen molar-refractivity contribution in [2.75, 3.05) is 11.9 Å². The molecule has 6 nitrogen and oxygen atoms in total. The lowest BCUT2D eigenvalue weighted by atomic mass is 10.3. The molecule has 0 radical (unpaired) electrons. The molecule has 0 atom stereocenters. The molecule has 0 bridgehead atoms. The maximum atomic E-state index is 10.8. The fourth-order valence-electron chi connectivity index (χ4n) is 1.79. The van der Waals surface area contributed by atoms with Crippen molar-refractivity contribution in [2.45, 2.75) is 13.8 Å². The Labute approximate surface area is 149 Å². The number of carbonyl (C=O) groups excluding carboxylic acids is 1. The second-order valence-electron chi connectivity index (χ2n) is 4.67. The highest BCUT2D eigenvalue weighted by Gasteiger charge is 2.04. The molecule has 0 saturated heterocycles. The lowest BCUT2D eigenvalue weighted by Crippen LogP contribution is -2.24. The average molecular weight is 362 g/mol. The zero-order chi connectivity index (χ0) is 17.5. The van der Waals surface area contributed by atoms with Crippen LogP contribution in [-0.2, 0) is 0 Å². The van der Waals surface area contributed by atoms with Crippen LogP contribution in [0.25, 0.3) is 0 Å². The number of carbonyl (C=O) groups is 1. The number of benzene rings is 1. The van der Waals surface area contributed by atoms with Crippen LogP contribution in [0.3, 0.4) is 0 Å². The SMILES string of the molecule is CCOc1ccc(NC(=S)N/N=C(/C)c2ccc(C(=O)[O-])s2)cc1. The first-order valence-electron chi connectivity index (χ1n) is 7.15. The number of thiophene rings is 1. The van der Waals surface area contributed by atoms with Crippen molar-refractivity contribution in [2.24, 2.45) is 5.10 Å². The number of aromatic carboxylic acids is 1. The molecule has 0 fully saturated rings. The van der Waals surface area contributed by atoms with Crippen molar-refractivity contribution in [1.29, 1.82) is 0 Å². The van der Waals surface area contributed by atoms with E-state index in [4.69, 9.17) is 17.0 Å². The van der Waals surface area contributed by atoms with Gasteiger partial charge in [-0.15, -0.1) is 11.3 Å². The van der Waals surface area contributed by atoms with Gasteiger partial charge in [-0.25, -0.2) is 0 Å². The number of carboxylic acid groups (broad SMARTS) is 1. The molecule has 0 unspecified atom stereocenters. The molecule has 2 aromatic rings. The number of thiocarbonyl (C=S) groups is 1. The van der Waals surface area contributed by atoms with Crippen LogP contribution in [0.2, 0.25) is 0 Å². The Hall–Kier alpha value is -2.45. The van der Waals surface area contributed by atoms with Crippen LogP contribution in [0, 0.1) is 0 Å². The number of nitrogens with one attached hydrogen (secondary N) is 2. The van der Waals surface area contributed by atoms with Crippen molar-refractivity contribution in [3.63, 3.8) is 0 Å². The molecular weight excluding hydrogens is 346 g/mol. The van der Waals surface area contributed by atoms with E-state index in [9.17, 15) is 9.90 Å². The van der Waals surface area contributed by atoms with Crippen LogP contribution in [0.1, 0.15) is 28.4 Å². The van der Waals surface area contributed by atoms with E-state index in [0.717, 1.165) is 27.7 Å². The summed E-state index contributed by atoms with van der Waals surface area (Å²) in [6.45, 7) is 4.30. The number of hydrazone groups is 1. The number of hydrogen-bond donors (Lipinski definition) is 2. The summed E-state index contributed by atoms with van der Waals surface area (Å²) in [5, 5.41) is 18.2. The quantitative estimate of drug-likeness (QED) is 0.466. The van der Waals surface area contributed by atoms with Crippen molar-refractivity contribution in [1.82, 2.24) is 5.43 Å². The minimum Gasteiger partial charge on any atom is -0.544 e. The molecule has 0 saturated carbocycles. The number of hydrogen-bond acceptors (Lipinski definition) is 6. The summed E-state index contributed by atoms with van der Waals surface area (Å²) in [4.78, 5) is 11.7. The predicted molar refractivity (Wildman–Crippen MR) is 97.8 cm³/mol. The third-order valence-electron chi connectivity index (χ3n) is 2.91. The molecule has 1 aromatic heterocycles.